The summed E-state index contributed by atoms with van der Waals surface area (Å²) in [5.41, 5.74) is 1.54. The van der Waals surface area contributed by atoms with E-state index >= 15 is 0 Å². The second-order valence-electron chi connectivity index (χ2n) is 6.05. The third-order valence-corrected chi connectivity index (χ3v) is 4.81. The van der Waals surface area contributed by atoms with Gasteiger partial charge in [-0.1, -0.05) is 34.8 Å². The van der Waals surface area contributed by atoms with Gasteiger partial charge in [0, 0.05) is 56.2 Å². The molecule has 3 amide bonds. The van der Waals surface area contributed by atoms with Crippen LogP contribution in [0.5, 0.6) is 0 Å². The van der Waals surface area contributed by atoms with Gasteiger partial charge >= 0.3 is 6.03 Å². The molecule has 3 rings (SSSR count). The Balaban J connectivity index is 1.50. The van der Waals surface area contributed by atoms with Crippen LogP contribution in [0.3, 0.4) is 0 Å². The highest BCUT2D eigenvalue weighted by Crippen LogP contribution is 2.28. The van der Waals surface area contributed by atoms with Crippen molar-refractivity contribution in [2.24, 2.45) is 5.92 Å². The molecule has 0 aliphatic carbocycles. The van der Waals surface area contributed by atoms with Gasteiger partial charge in [-0.3, -0.25) is 10.1 Å². The predicted molar refractivity (Wildman–Crippen MR) is 98.9 cm³/mol. The molecule has 1 atom stereocenters. The van der Waals surface area contributed by atoms with Crippen LogP contribution in [0.4, 0.5) is 9.80 Å². The number of nitrogens with zero attached hydrogens (tertiary/aromatic N) is 3. The maximum Gasteiger partial charge on any atom is 0.319 e. The van der Waals surface area contributed by atoms with E-state index in [1.165, 1.54) is 0 Å². The summed E-state index contributed by atoms with van der Waals surface area (Å²) in [4.78, 5) is 25.9. The lowest BCUT2D eigenvalue weighted by Gasteiger charge is -2.16. The zero-order valence-electron chi connectivity index (χ0n) is 14.5. The molecular formula is C17H21N5O3S. The van der Waals surface area contributed by atoms with Crippen molar-refractivity contribution in [2.45, 2.75) is 6.42 Å². The first-order valence-corrected chi connectivity index (χ1v) is 9.14. The van der Waals surface area contributed by atoms with Crippen molar-refractivity contribution < 1.29 is 14.3 Å². The van der Waals surface area contributed by atoms with Crippen molar-refractivity contribution in [2.75, 3.05) is 38.7 Å². The molecular weight excluding hydrogens is 354 g/mol. The van der Waals surface area contributed by atoms with Gasteiger partial charge in [-0.2, -0.15) is 0 Å². The van der Waals surface area contributed by atoms with Crippen molar-refractivity contribution >= 4 is 28.5 Å². The summed E-state index contributed by atoms with van der Waals surface area (Å²) >= 11 is 1.13. The van der Waals surface area contributed by atoms with Crippen LogP contribution >= 0.6 is 11.5 Å². The number of carbonyl (C=O) groups excluding carboxylic acids is 2. The standard InChI is InChI=1S/C17H21N5O3S/c1-25-8-7-22-11-12(9-14(22)23)10-18-17(24)19-16-15(20-21-26-16)13-5-3-2-4-6-13/h2-6,12H,7-11H2,1H3,(H2,18,19,24). The molecule has 2 N–H and O–H groups in total. The number of benzene rings is 1. The van der Waals surface area contributed by atoms with E-state index in [0.717, 1.165) is 17.1 Å². The van der Waals surface area contributed by atoms with Gasteiger partial charge in [-0.15, -0.1) is 5.10 Å². The average molecular weight is 375 g/mol. The summed E-state index contributed by atoms with van der Waals surface area (Å²) in [6.45, 7) is 2.19. The maximum atomic E-state index is 12.2. The average Bonchev–Trinajstić information content (AvgIpc) is 3.25. The monoisotopic (exact) mass is 375 g/mol. The van der Waals surface area contributed by atoms with Crippen molar-refractivity contribution in [3.05, 3.63) is 30.3 Å². The molecule has 1 aromatic carbocycles. The Kier molecular flexibility index (Phi) is 6.13. The van der Waals surface area contributed by atoms with E-state index in [1.807, 2.05) is 30.3 Å². The largest absolute Gasteiger partial charge is 0.383 e. The van der Waals surface area contributed by atoms with Crippen LogP contribution in [0.1, 0.15) is 6.42 Å². The first-order chi connectivity index (χ1) is 12.7. The number of ether oxygens (including phenoxy) is 1. The Hall–Kier alpha value is -2.52. The van der Waals surface area contributed by atoms with Gasteiger partial charge < -0.3 is 15.0 Å². The topological polar surface area (TPSA) is 96.5 Å². The Morgan fingerprint density at radius 1 is 1.38 bits per heavy atom. The number of likely N-dealkylation sites (tertiary alicyclic amines) is 1. The van der Waals surface area contributed by atoms with Crippen molar-refractivity contribution in [3.63, 3.8) is 0 Å². The Morgan fingerprint density at radius 3 is 2.96 bits per heavy atom. The second kappa shape index (κ2) is 8.72. The van der Waals surface area contributed by atoms with Gasteiger partial charge in [-0.05, 0) is 0 Å². The lowest BCUT2D eigenvalue weighted by atomic mass is 10.1. The molecule has 0 spiro atoms. The van der Waals surface area contributed by atoms with Crippen LogP contribution < -0.4 is 10.6 Å². The molecule has 0 bridgehead atoms. The highest BCUT2D eigenvalue weighted by molar-refractivity contribution is 7.10. The van der Waals surface area contributed by atoms with Crippen molar-refractivity contribution in [1.29, 1.82) is 0 Å². The number of aromatic nitrogens is 2. The maximum absolute atomic E-state index is 12.2. The van der Waals surface area contributed by atoms with Crippen LogP contribution in [0.25, 0.3) is 11.3 Å². The van der Waals surface area contributed by atoms with E-state index in [9.17, 15) is 9.59 Å². The first-order valence-electron chi connectivity index (χ1n) is 8.36. The zero-order chi connectivity index (χ0) is 18.4. The number of hydrogen-bond donors (Lipinski definition) is 2. The molecule has 1 aliphatic rings. The zero-order valence-corrected chi connectivity index (χ0v) is 15.3. The fourth-order valence-electron chi connectivity index (χ4n) is 2.85. The second-order valence-corrected chi connectivity index (χ2v) is 6.81. The molecule has 1 aromatic heterocycles. The normalized spacial score (nSPS) is 16.7. The SMILES string of the molecule is COCCN1CC(CNC(=O)Nc2snnc2-c2ccccc2)CC1=O. The molecule has 1 fully saturated rings. The minimum Gasteiger partial charge on any atom is -0.383 e. The van der Waals surface area contributed by atoms with Crippen LogP contribution in [0.2, 0.25) is 0 Å². The molecule has 1 unspecified atom stereocenters. The quantitative estimate of drug-likeness (QED) is 0.769. The smallest absolute Gasteiger partial charge is 0.319 e. The van der Waals surface area contributed by atoms with Crippen molar-refractivity contribution in [1.82, 2.24) is 19.8 Å². The number of amides is 3. The Labute approximate surface area is 155 Å². The van der Waals surface area contributed by atoms with Crippen LogP contribution in [0.15, 0.2) is 30.3 Å². The Morgan fingerprint density at radius 2 is 2.19 bits per heavy atom. The predicted octanol–water partition coefficient (Wildman–Crippen LogP) is 1.82. The number of methoxy groups -OCH3 is 1. The van der Waals surface area contributed by atoms with Crippen molar-refractivity contribution in [3.8, 4) is 11.3 Å². The molecule has 0 radical (unpaired) electrons. The molecule has 8 nitrogen and oxygen atoms in total. The molecule has 1 saturated heterocycles. The summed E-state index contributed by atoms with van der Waals surface area (Å²) in [6.07, 6.45) is 0.446. The number of rotatable bonds is 7. The molecule has 2 aromatic rings. The van der Waals surface area contributed by atoms with Gasteiger partial charge in [0.05, 0.1) is 6.61 Å². The minimum absolute atomic E-state index is 0.104. The fourth-order valence-corrected chi connectivity index (χ4v) is 3.44. The van der Waals surface area contributed by atoms with E-state index in [0.29, 0.717) is 43.4 Å². The number of urea groups is 1. The highest BCUT2D eigenvalue weighted by atomic mass is 32.1. The lowest BCUT2D eigenvalue weighted by Crippen LogP contribution is -2.34. The summed E-state index contributed by atoms with van der Waals surface area (Å²) < 4.78 is 8.93. The van der Waals surface area contributed by atoms with E-state index in [-0.39, 0.29) is 17.9 Å². The van der Waals surface area contributed by atoms with E-state index in [4.69, 9.17) is 4.74 Å². The van der Waals surface area contributed by atoms with E-state index < -0.39 is 0 Å². The van der Waals surface area contributed by atoms with Gasteiger partial charge in [-0.25, -0.2) is 4.79 Å². The number of anilines is 1. The summed E-state index contributed by atoms with van der Waals surface area (Å²) in [5.74, 6) is 0.213. The summed E-state index contributed by atoms with van der Waals surface area (Å²) in [5, 5.41) is 10.3. The lowest BCUT2D eigenvalue weighted by molar-refractivity contribution is -0.128. The van der Waals surface area contributed by atoms with E-state index in [1.54, 1.807) is 12.0 Å². The summed E-state index contributed by atoms with van der Waals surface area (Å²) in [6, 6.07) is 9.24. The van der Waals surface area contributed by atoms with Crippen LogP contribution in [-0.2, 0) is 9.53 Å². The van der Waals surface area contributed by atoms with Gasteiger partial charge in [0.1, 0.15) is 10.7 Å². The molecule has 26 heavy (non-hydrogen) atoms. The number of carbonyl (C=O) groups is 2. The third kappa shape index (κ3) is 4.55. The van der Waals surface area contributed by atoms with Gasteiger partial charge in [0.2, 0.25) is 5.91 Å². The van der Waals surface area contributed by atoms with Gasteiger partial charge in [0.25, 0.3) is 0 Å². The highest BCUT2D eigenvalue weighted by Gasteiger charge is 2.29. The van der Waals surface area contributed by atoms with Crippen LogP contribution in [-0.4, -0.2) is 59.8 Å². The third-order valence-electron chi connectivity index (χ3n) is 4.17. The van der Waals surface area contributed by atoms with Gasteiger partial charge in [0.15, 0.2) is 0 Å². The molecule has 0 saturated carbocycles. The molecule has 2 heterocycles. The minimum atomic E-state index is -0.323. The molecule has 1 aliphatic heterocycles. The van der Waals surface area contributed by atoms with Crippen LogP contribution in [0, 0.1) is 5.92 Å². The van der Waals surface area contributed by atoms with E-state index in [2.05, 4.69) is 20.2 Å². The fraction of sp³-hybridized carbons (Fsp3) is 0.412. The molecule has 138 valence electrons. The summed E-state index contributed by atoms with van der Waals surface area (Å²) in [7, 11) is 1.61. The number of nitrogens with one attached hydrogen (secondary N) is 2. The molecule has 9 heteroatoms. The number of hydrogen-bond acceptors (Lipinski definition) is 6. The first kappa shape index (κ1) is 18.3. The Bertz CT molecular complexity index is 752.